The predicted octanol–water partition coefficient (Wildman–Crippen LogP) is 6.25. The van der Waals surface area contributed by atoms with E-state index in [-0.39, 0.29) is 29.7 Å². The van der Waals surface area contributed by atoms with E-state index in [1.165, 1.54) is 0 Å². The van der Waals surface area contributed by atoms with Gasteiger partial charge in [-0.05, 0) is 78.2 Å². The number of hydrogen-bond donors (Lipinski definition) is 3. The Labute approximate surface area is 236 Å². The van der Waals surface area contributed by atoms with Crippen LogP contribution in [0.3, 0.4) is 0 Å². The number of amides is 3. The number of para-hydroxylation sites is 1. The molecule has 1 rings (SSSR count). The molecule has 39 heavy (non-hydrogen) atoms. The predicted molar refractivity (Wildman–Crippen MR) is 156 cm³/mol. The van der Waals surface area contributed by atoms with Crippen molar-refractivity contribution < 1.29 is 24.2 Å². The number of phenolic OH excluding ortho intramolecular Hbond substituents is 1. The highest BCUT2D eigenvalue weighted by atomic mass is 16.6. The molecule has 0 saturated carbocycles. The number of nitrogens with one attached hydrogen (secondary N) is 2. The minimum absolute atomic E-state index is 0.0177. The third-order valence-electron chi connectivity index (χ3n) is 6.70. The fraction of sp³-hybridized carbons (Fsp3) is 0.710. The van der Waals surface area contributed by atoms with Crippen molar-refractivity contribution in [2.75, 3.05) is 0 Å². The zero-order chi connectivity index (χ0) is 30.1. The second kappa shape index (κ2) is 15.1. The van der Waals surface area contributed by atoms with Crippen molar-refractivity contribution >= 4 is 17.9 Å². The van der Waals surface area contributed by atoms with E-state index in [2.05, 4.69) is 24.5 Å². The average Bonchev–Trinajstić information content (AvgIpc) is 2.79. The van der Waals surface area contributed by atoms with Crippen molar-refractivity contribution in [1.82, 2.24) is 15.5 Å². The molecule has 0 saturated heterocycles. The third kappa shape index (κ3) is 10.7. The van der Waals surface area contributed by atoms with Crippen LogP contribution in [-0.2, 0) is 14.3 Å². The summed E-state index contributed by atoms with van der Waals surface area (Å²) in [5.41, 5.74) is 0.242. The quantitative estimate of drug-likeness (QED) is 0.271. The first-order valence-electron chi connectivity index (χ1n) is 14.4. The van der Waals surface area contributed by atoms with Crippen molar-refractivity contribution in [1.29, 1.82) is 0 Å². The first-order valence-corrected chi connectivity index (χ1v) is 14.4. The topological polar surface area (TPSA) is 108 Å². The van der Waals surface area contributed by atoms with Crippen molar-refractivity contribution in [2.45, 2.75) is 132 Å². The van der Waals surface area contributed by atoms with Crippen molar-refractivity contribution in [3.8, 4) is 5.75 Å². The van der Waals surface area contributed by atoms with Crippen molar-refractivity contribution in [3.63, 3.8) is 0 Å². The number of carbonyl (C=O) groups excluding carboxylic acids is 3. The van der Waals surface area contributed by atoms with Gasteiger partial charge in [-0.3, -0.25) is 9.59 Å². The zero-order valence-electron chi connectivity index (χ0n) is 26.1. The normalized spacial score (nSPS) is 14.9. The first-order chi connectivity index (χ1) is 18.0. The molecule has 0 radical (unpaired) electrons. The smallest absolute Gasteiger partial charge is 0.408 e. The molecule has 0 bridgehead atoms. The van der Waals surface area contributed by atoms with Crippen LogP contribution < -0.4 is 10.6 Å². The molecular weight excluding hydrogens is 494 g/mol. The van der Waals surface area contributed by atoms with Crippen LogP contribution in [0.4, 0.5) is 4.79 Å². The van der Waals surface area contributed by atoms with Crippen LogP contribution in [-0.4, -0.2) is 51.6 Å². The molecule has 0 heterocycles. The summed E-state index contributed by atoms with van der Waals surface area (Å²) in [6, 6.07) is 2.76. The molecule has 0 spiro atoms. The summed E-state index contributed by atoms with van der Waals surface area (Å²) in [5, 5.41) is 16.9. The number of ether oxygens (including phenoxy) is 1. The van der Waals surface area contributed by atoms with Gasteiger partial charge in [-0.15, -0.1) is 0 Å². The molecule has 4 unspecified atom stereocenters. The third-order valence-corrected chi connectivity index (χ3v) is 6.70. The highest BCUT2D eigenvalue weighted by Gasteiger charge is 2.41. The second-order valence-electron chi connectivity index (χ2n) is 12.5. The molecule has 8 nitrogen and oxygen atoms in total. The number of nitrogens with zero attached hydrogens (tertiary/aromatic N) is 1. The number of rotatable bonds is 13. The van der Waals surface area contributed by atoms with Gasteiger partial charge in [0.25, 0.3) is 0 Å². The summed E-state index contributed by atoms with van der Waals surface area (Å²) in [6.45, 7) is 20.9. The van der Waals surface area contributed by atoms with Crippen LogP contribution in [0.15, 0.2) is 18.2 Å². The molecule has 1 aromatic rings. The van der Waals surface area contributed by atoms with Crippen LogP contribution in [0, 0.1) is 18.8 Å². The van der Waals surface area contributed by atoms with Crippen molar-refractivity contribution in [3.05, 3.63) is 29.3 Å². The Balaban J connectivity index is 3.70. The summed E-state index contributed by atoms with van der Waals surface area (Å²) >= 11 is 0. The van der Waals surface area contributed by atoms with Crippen LogP contribution in [0.2, 0.25) is 0 Å². The Morgan fingerprint density at radius 1 is 0.974 bits per heavy atom. The van der Waals surface area contributed by atoms with Crippen LogP contribution in [0.5, 0.6) is 5.75 Å². The molecule has 3 amide bonds. The largest absolute Gasteiger partial charge is 0.507 e. The molecule has 8 heteroatoms. The van der Waals surface area contributed by atoms with E-state index in [1.54, 1.807) is 50.8 Å². The van der Waals surface area contributed by atoms with E-state index in [0.29, 0.717) is 23.5 Å². The molecule has 0 aliphatic carbocycles. The molecule has 0 fully saturated rings. The molecule has 3 N–H and O–H groups in total. The lowest BCUT2D eigenvalue weighted by atomic mass is 9.93. The van der Waals surface area contributed by atoms with E-state index in [0.717, 1.165) is 19.3 Å². The molecule has 0 aromatic heterocycles. The summed E-state index contributed by atoms with van der Waals surface area (Å²) in [5.74, 6) is -0.651. The lowest BCUT2D eigenvalue weighted by molar-refractivity contribution is -0.146. The molecule has 1 aromatic carbocycles. The number of aryl methyl sites for hydroxylation is 1. The van der Waals surface area contributed by atoms with Crippen LogP contribution >= 0.6 is 0 Å². The van der Waals surface area contributed by atoms with Crippen LogP contribution in [0.1, 0.15) is 112 Å². The Hall–Kier alpha value is -2.77. The molecule has 0 aliphatic heterocycles. The monoisotopic (exact) mass is 547 g/mol. The van der Waals surface area contributed by atoms with Gasteiger partial charge in [0, 0.05) is 17.6 Å². The van der Waals surface area contributed by atoms with Gasteiger partial charge < -0.3 is 25.4 Å². The van der Waals surface area contributed by atoms with Crippen molar-refractivity contribution in [2.24, 2.45) is 11.8 Å². The lowest BCUT2D eigenvalue weighted by Gasteiger charge is -2.40. The molecule has 222 valence electrons. The second-order valence-corrected chi connectivity index (χ2v) is 12.5. The minimum atomic E-state index is -1.08. The minimum Gasteiger partial charge on any atom is -0.507 e. The fourth-order valence-corrected chi connectivity index (χ4v) is 4.57. The van der Waals surface area contributed by atoms with E-state index >= 15 is 0 Å². The maximum Gasteiger partial charge on any atom is 0.408 e. The average molecular weight is 548 g/mol. The number of phenols is 1. The lowest BCUT2D eigenvalue weighted by Crippen LogP contribution is -2.57. The fourth-order valence-electron chi connectivity index (χ4n) is 4.57. The SMILES string of the molecule is CCCC(C)NC(=O)C(c1cccc(C)c1O)N(C(=O)C(NC(=O)OC(C)(C)C)C(C)C)C(C)CCC(C)C. The first kappa shape index (κ1) is 34.3. The number of benzene rings is 1. The van der Waals surface area contributed by atoms with Gasteiger partial charge in [0.15, 0.2) is 0 Å². The van der Waals surface area contributed by atoms with E-state index in [1.807, 2.05) is 34.6 Å². The van der Waals surface area contributed by atoms with Gasteiger partial charge in [-0.25, -0.2) is 4.79 Å². The van der Waals surface area contributed by atoms with Crippen LogP contribution in [0.25, 0.3) is 0 Å². The molecular formula is C31H53N3O5. The highest BCUT2D eigenvalue weighted by molar-refractivity contribution is 5.93. The van der Waals surface area contributed by atoms with E-state index in [4.69, 9.17) is 4.74 Å². The highest BCUT2D eigenvalue weighted by Crippen LogP contribution is 2.35. The molecule has 4 atom stereocenters. The molecule has 0 aliphatic rings. The number of carbonyl (C=O) groups is 3. The Kier molecular flexibility index (Phi) is 13.3. The van der Waals surface area contributed by atoms with Gasteiger partial charge >= 0.3 is 6.09 Å². The van der Waals surface area contributed by atoms with Gasteiger partial charge in [0.1, 0.15) is 23.4 Å². The standard InChI is InChI=1S/C31H53N3O5/c1-12-14-22(7)32-28(36)26(24-16-13-15-21(6)27(24)35)34(23(8)18-17-19(2)3)29(37)25(20(4)5)33-30(38)39-31(9,10)11/h13,15-16,19-20,22-23,25-26,35H,12,14,17-18H2,1-11H3,(H,32,36)(H,33,38). The van der Waals surface area contributed by atoms with Gasteiger partial charge in [0.05, 0.1) is 0 Å². The summed E-state index contributed by atoms with van der Waals surface area (Å²) in [6.07, 6.45) is 2.48. The van der Waals surface area contributed by atoms with E-state index in [9.17, 15) is 19.5 Å². The number of aromatic hydroxyl groups is 1. The van der Waals surface area contributed by atoms with Gasteiger partial charge in [-0.2, -0.15) is 0 Å². The summed E-state index contributed by atoms with van der Waals surface area (Å²) in [7, 11) is 0. The number of hydrogen-bond acceptors (Lipinski definition) is 5. The Morgan fingerprint density at radius 2 is 1.59 bits per heavy atom. The Bertz CT molecular complexity index is 954. The number of alkyl carbamates (subject to hydrolysis) is 1. The maximum absolute atomic E-state index is 14.4. The van der Waals surface area contributed by atoms with Gasteiger partial charge in [0.2, 0.25) is 11.8 Å². The van der Waals surface area contributed by atoms with Gasteiger partial charge in [-0.1, -0.05) is 59.2 Å². The maximum atomic E-state index is 14.4. The zero-order valence-corrected chi connectivity index (χ0v) is 26.1. The summed E-state index contributed by atoms with van der Waals surface area (Å²) in [4.78, 5) is 42.7. The Morgan fingerprint density at radius 3 is 2.10 bits per heavy atom. The van der Waals surface area contributed by atoms with E-state index < -0.39 is 29.7 Å². The summed E-state index contributed by atoms with van der Waals surface area (Å²) < 4.78 is 5.45.